The van der Waals surface area contributed by atoms with Crippen LogP contribution in [0.25, 0.3) is 0 Å². The summed E-state index contributed by atoms with van der Waals surface area (Å²) >= 11 is 6.06. The predicted octanol–water partition coefficient (Wildman–Crippen LogP) is 2.88. The van der Waals surface area contributed by atoms with E-state index in [2.05, 4.69) is 10.0 Å². The number of methoxy groups -OCH3 is 1. The Hall–Kier alpha value is -2.41. The fourth-order valence-corrected chi connectivity index (χ4v) is 4.89. The topological polar surface area (TPSA) is 53.1 Å². The summed E-state index contributed by atoms with van der Waals surface area (Å²) in [5.41, 5.74) is 1.60. The minimum atomic E-state index is -0.447. The van der Waals surface area contributed by atoms with E-state index in [1.165, 1.54) is 4.90 Å². The third kappa shape index (κ3) is 2.49. The average Bonchev–Trinajstić information content (AvgIpc) is 3.35. The van der Waals surface area contributed by atoms with Crippen molar-refractivity contribution < 1.29 is 14.3 Å². The summed E-state index contributed by atoms with van der Waals surface area (Å²) in [6, 6.07) is 14.1. The zero-order chi connectivity index (χ0) is 19.4. The monoisotopic (exact) mass is 397 g/mol. The number of imide groups is 1. The molecule has 7 heteroatoms. The number of hydrogen-bond donors (Lipinski definition) is 0. The molecule has 3 heterocycles. The number of hydrogen-bond acceptors (Lipinski definition) is 5. The van der Waals surface area contributed by atoms with Crippen LogP contribution in [0.15, 0.2) is 48.5 Å². The van der Waals surface area contributed by atoms with Crippen LogP contribution in [-0.4, -0.2) is 48.1 Å². The minimum absolute atomic E-state index is 0.144. The maximum atomic E-state index is 13.4. The lowest BCUT2D eigenvalue weighted by molar-refractivity contribution is -0.126. The first-order valence-corrected chi connectivity index (χ1v) is 9.78. The van der Waals surface area contributed by atoms with Gasteiger partial charge in [0.15, 0.2) is 0 Å². The molecule has 2 amide bonds. The van der Waals surface area contributed by atoms with Crippen molar-refractivity contribution in [3.63, 3.8) is 0 Å². The highest BCUT2D eigenvalue weighted by Gasteiger charge is 2.62. The fourth-order valence-electron chi connectivity index (χ4n) is 4.76. The van der Waals surface area contributed by atoms with Gasteiger partial charge < -0.3 is 4.74 Å². The first kappa shape index (κ1) is 17.7. The summed E-state index contributed by atoms with van der Waals surface area (Å²) in [4.78, 5) is 28.1. The maximum absolute atomic E-state index is 13.4. The lowest BCUT2D eigenvalue weighted by Gasteiger charge is -2.29. The molecule has 0 saturated carbocycles. The van der Waals surface area contributed by atoms with Gasteiger partial charge in [0.05, 0.1) is 24.8 Å². The Morgan fingerprint density at radius 1 is 0.893 bits per heavy atom. The number of carbonyl (C=O) groups excluding carboxylic acids is 2. The molecule has 3 atom stereocenters. The molecule has 2 aromatic rings. The molecule has 144 valence electrons. The smallest absolute Gasteiger partial charge is 0.253 e. The second-order valence-electron chi connectivity index (χ2n) is 7.36. The molecule has 6 nitrogen and oxygen atoms in total. The predicted molar refractivity (Wildman–Crippen MR) is 105 cm³/mol. The third-order valence-corrected chi connectivity index (χ3v) is 6.20. The lowest BCUT2D eigenvalue weighted by Crippen LogP contribution is -2.44. The van der Waals surface area contributed by atoms with E-state index in [-0.39, 0.29) is 17.9 Å². The van der Waals surface area contributed by atoms with Crippen LogP contribution < -0.4 is 9.64 Å². The first-order valence-electron chi connectivity index (χ1n) is 9.40. The number of nitrogens with zero attached hydrogens (tertiary/aromatic N) is 3. The van der Waals surface area contributed by atoms with E-state index in [9.17, 15) is 9.59 Å². The van der Waals surface area contributed by atoms with Crippen LogP contribution in [0.5, 0.6) is 5.75 Å². The van der Waals surface area contributed by atoms with E-state index in [1.807, 2.05) is 24.3 Å². The average molecular weight is 398 g/mol. The summed E-state index contributed by atoms with van der Waals surface area (Å²) in [7, 11) is 1.59. The largest absolute Gasteiger partial charge is 0.497 e. The van der Waals surface area contributed by atoms with Crippen molar-refractivity contribution in [2.75, 3.05) is 25.1 Å². The van der Waals surface area contributed by atoms with Gasteiger partial charge in [-0.3, -0.25) is 9.59 Å². The first-order chi connectivity index (χ1) is 13.6. The van der Waals surface area contributed by atoms with E-state index >= 15 is 0 Å². The van der Waals surface area contributed by atoms with Gasteiger partial charge in [-0.05, 0) is 48.4 Å². The van der Waals surface area contributed by atoms with E-state index in [0.717, 1.165) is 25.1 Å². The van der Waals surface area contributed by atoms with Gasteiger partial charge >= 0.3 is 0 Å². The van der Waals surface area contributed by atoms with E-state index < -0.39 is 12.0 Å². The van der Waals surface area contributed by atoms with Gasteiger partial charge in [-0.2, -0.15) is 0 Å². The van der Waals surface area contributed by atoms with Crippen LogP contribution >= 0.6 is 11.6 Å². The maximum Gasteiger partial charge on any atom is 0.253 e. The Morgan fingerprint density at radius 3 is 2.18 bits per heavy atom. The number of halogens is 1. The Morgan fingerprint density at radius 2 is 1.54 bits per heavy atom. The van der Waals surface area contributed by atoms with Gasteiger partial charge in [0.25, 0.3) is 5.91 Å². The van der Waals surface area contributed by atoms with E-state index in [0.29, 0.717) is 16.5 Å². The van der Waals surface area contributed by atoms with Crippen molar-refractivity contribution in [3.8, 4) is 5.75 Å². The van der Waals surface area contributed by atoms with Gasteiger partial charge in [0, 0.05) is 18.1 Å². The van der Waals surface area contributed by atoms with Gasteiger partial charge in [0.2, 0.25) is 5.91 Å². The Bertz CT molecular complexity index is 931. The summed E-state index contributed by atoms with van der Waals surface area (Å²) in [5.74, 6) is -0.0260. The van der Waals surface area contributed by atoms with Crippen molar-refractivity contribution in [3.05, 3.63) is 59.1 Å². The van der Waals surface area contributed by atoms with Crippen LogP contribution in [0.2, 0.25) is 5.02 Å². The number of ether oxygens (including phenoxy) is 1. The molecule has 0 aliphatic carbocycles. The number of rotatable bonds is 3. The molecule has 3 saturated heterocycles. The molecule has 3 fully saturated rings. The summed E-state index contributed by atoms with van der Waals surface area (Å²) in [5, 5.41) is 4.94. The fraction of sp³-hybridized carbons (Fsp3) is 0.333. The molecule has 3 aliphatic rings. The lowest BCUT2D eigenvalue weighted by atomic mass is 9.90. The van der Waals surface area contributed by atoms with Gasteiger partial charge in [-0.1, -0.05) is 23.7 Å². The molecule has 2 aromatic carbocycles. The molecule has 0 N–H and O–H groups in total. The second-order valence-corrected chi connectivity index (χ2v) is 7.79. The molecule has 5 rings (SSSR count). The Kier molecular flexibility index (Phi) is 4.16. The number of fused-ring (bicyclic) bond motifs is 3. The summed E-state index contributed by atoms with van der Waals surface area (Å²) in [6.07, 6.45) is 0.983. The Balaban J connectivity index is 1.55. The van der Waals surface area contributed by atoms with Gasteiger partial charge in [0.1, 0.15) is 11.8 Å². The quantitative estimate of drug-likeness (QED) is 0.745. The summed E-state index contributed by atoms with van der Waals surface area (Å²) < 4.78 is 5.19. The molecule has 0 spiro atoms. The van der Waals surface area contributed by atoms with Crippen molar-refractivity contribution in [1.29, 1.82) is 0 Å². The number of hydrazine groups is 1. The summed E-state index contributed by atoms with van der Waals surface area (Å²) in [6.45, 7) is 1.64. The molecular weight excluding hydrogens is 378 g/mol. The highest BCUT2D eigenvalue weighted by Crippen LogP contribution is 2.49. The normalized spacial score (nSPS) is 27.4. The van der Waals surface area contributed by atoms with Gasteiger partial charge in [-0.15, -0.1) is 0 Å². The van der Waals surface area contributed by atoms with Crippen molar-refractivity contribution >= 4 is 29.1 Å². The number of benzene rings is 2. The molecular formula is C21H20ClN3O3. The highest BCUT2D eigenvalue weighted by atomic mass is 35.5. The number of carbonyl (C=O) groups is 2. The molecule has 0 aromatic heterocycles. The molecule has 28 heavy (non-hydrogen) atoms. The second kappa shape index (κ2) is 6.58. The van der Waals surface area contributed by atoms with E-state index in [1.54, 1.807) is 31.4 Å². The zero-order valence-corrected chi connectivity index (χ0v) is 16.2. The van der Waals surface area contributed by atoms with Crippen LogP contribution in [0.4, 0.5) is 5.69 Å². The zero-order valence-electron chi connectivity index (χ0n) is 15.4. The SMILES string of the molecule is COc1ccc(N2C(=O)[C@@H]3[C@@H](c4ccc(Cl)cc4)N4CCCN4[C@H]3C2=O)cc1. The number of amides is 2. The highest BCUT2D eigenvalue weighted by molar-refractivity contribution is 6.30. The van der Waals surface area contributed by atoms with Crippen LogP contribution in [0.1, 0.15) is 18.0 Å². The Labute approximate surface area is 168 Å². The van der Waals surface area contributed by atoms with Crippen molar-refractivity contribution in [1.82, 2.24) is 10.0 Å². The third-order valence-electron chi connectivity index (χ3n) is 5.95. The molecule has 0 unspecified atom stereocenters. The standard InChI is InChI=1S/C21H20ClN3O3/c1-28-16-9-7-15(8-10-16)25-20(26)17-18(13-3-5-14(22)6-4-13)23-11-2-12-24(23)19(17)21(25)27/h3-10,17-19H,2,11-12H2,1H3/t17-,18-,19-/m1/s1. The van der Waals surface area contributed by atoms with Crippen LogP contribution in [-0.2, 0) is 9.59 Å². The minimum Gasteiger partial charge on any atom is -0.497 e. The van der Waals surface area contributed by atoms with Crippen LogP contribution in [0, 0.1) is 5.92 Å². The number of anilines is 1. The van der Waals surface area contributed by atoms with Crippen molar-refractivity contribution in [2.24, 2.45) is 5.92 Å². The molecule has 0 bridgehead atoms. The molecule has 3 aliphatic heterocycles. The van der Waals surface area contributed by atoms with Gasteiger partial charge in [-0.25, -0.2) is 14.9 Å². The van der Waals surface area contributed by atoms with Crippen LogP contribution in [0.3, 0.4) is 0 Å². The molecule has 0 radical (unpaired) electrons. The van der Waals surface area contributed by atoms with Crippen molar-refractivity contribution in [2.45, 2.75) is 18.5 Å². The van der Waals surface area contributed by atoms with E-state index in [4.69, 9.17) is 16.3 Å².